The van der Waals surface area contributed by atoms with Gasteiger partial charge in [-0.3, -0.25) is 4.79 Å². The third kappa shape index (κ3) is 4.09. The molecule has 4 rings (SSSR count). The van der Waals surface area contributed by atoms with E-state index in [2.05, 4.69) is 27.8 Å². The van der Waals surface area contributed by atoms with Crippen LogP contribution in [0.25, 0.3) is 10.9 Å². The average molecular weight is 434 g/mol. The van der Waals surface area contributed by atoms with Gasteiger partial charge in [-0.1, -0.05) is 61.4 Å². The van der Waals surface area contributed by atoms with Crippen LogP contribution >= 0.6 is 0 Å². The lowest BCUT2D eigenvalue weighted by atomic mass is 9.73. The fourth-order valence-electron chi connectivity index (χ4n) is 5.32. The lowest BCUT2D eigenvalue weighted by molar-refractivity contribution is -0.128. The molecule has 32 heavy (non-hydrogen) atoms. The Bertz CT molecular complexity index is 1100. The fourth-order valence-corrected chi connectivity index (χ4v) is 5.32. The van der Waals surface area contributed by atoms with Crippen LogP contribution in [0, 0.1) is 0 Å². The Morgan fingerprint density at radius 2 is 1.75 bits per heavy atom. The molecule has 2 unspecified atom stereocenters. The van der Waals surface area contributed by atoms with Gasteiger partial charge in [-0.05, 0) is 43.9 Å². The van der Waals surface area contributed by atoms with E-state index in [1.54, 1.807) is 6.92 Å². The summed E-state index contributed by atoms with van der Waals surface area (Å²) in [5.74, 6) is -0.306. The van der Waals surface area contributed by atoms with Crippen molar-refractivity contribution in [3.05, 3.63) is 71.9 Å². The van der Waals surface area contributed by atoms with Crippen molar-refractivity contribution in [3.8, 4) is 0 Å². The molecular formula is C26H31N3O3. The summed E-state index contributed by atoms with van der Waals surface area (Å²) in [6.45, 7) is 3.71. The SMILES string of the molecule is CC(NC(=O)C(C)(Cc1c[nH]c2ccccc12)NC(=O)O)C1(c2ccccc2)CCCC1. The lowest BCUT2D eigenvalue weighted by Crippen LogP contribution is -2.61. The van der Waals surface area contributed by atoms with Crippen molar-refractivity contribution in [1.29, 1.82) is 0 Å². The third-order valence-electron chi connectivity index (χ3n) is 7.12. The number of aromatic nitrogens is 1. The Morgan fingerprint density at radius 1 is 1.09 bits per heavy atom. The maximum Gasteiger partial charge on any atom is 0.405 e. The Balaban J connectivity index is 1.60. The normalized spacial score (nSPS) is 18.1. The molecule has 1 aliphatic carbocycles. The summed E-state index contributed by atoms with van der Waals surface area (Å²) in [7, 11) is 0. The van der Waals surface area contributed by atoms with Crippen molar-refractivity contribution < 1.29 is 14.7 Å². The Hall–Kier alpha value is -3.28. The molecule has 6 heteroatoms. The zero-order valence-electron chi connectivity index (χ0n) is 18.7. The molecule has 2 amide bonds. The number of H-pyrrole nitrogens is 1. The number of carbonyl (C=O) groups excluding carboxylic acids is 1. The van der Waals surface area contributed by atoms with Gasteiger partial charge in [-0.25, -0.2) is 4.79 Å². The van der Waals surface area contributed by atoms with Crippen LogP contribution in [-0.2, 0) is 16.6 Å². The zero-order valence-corrected chi connectivity index (χ0v) is 18.7. The molecule has 1 heterocycles. The number of para-hydroxylation sites is 1. The number of hydrogen-bond donors (Lipinski definition) is 4. The van der Waals surface area contributed by atoms with Gasteiger partial charge in [0.2, 0.25) is 5.91 Å². The summed E-state index contributed by atoms with van der Waals surface area (Å²) in [4.78, 5) is 28.4. The molecule has 4 N–H and O–H groups in total. The van der Waals surface area contributed by atoms with Crippen LogP contribution < -0.4 is 10.6 Å². The number of fused-ring (bicyclic) bond motifs is 1. The minimum absolute atomic E-state index is 0.127. The Kier molecular flexibility index (Phi) is 5.96. The highest BCUT2D eigenvalue weighted by Crippen LogP contribution is 2.44. The van der Waals surface area contributed by atoms with Crippen molar-refractivity contribution in [2.45, 2.75) is 62.9 Å². The summed E-state index contributed by atoms with van der Waals surface area (Å²) < 4.78 is 0. The summed E-state index contributed by atoms with van der Waals surface area (Å²) >= 11 is 0. The van der Waals surface area contributed by atoms with E-state index in [1.807, 2.05) is 55.6 Å². The molecule has 0 bridgehead atoms. The second-order valence-corrected chi connectivity index (χ2v) is 9.22. The minimum atomic E-state index is -1.30. The number of nitrogens with one attached hydrogen (secondary N) is 3. The first-order chi connectivity index (χ1) is 15.3. The number of hydrogen-bond acceptors (Lipinski definition) is 2. The van der Waals surface area contributed by atoms with Gasteiger partial charge in [0.05, 0.1) is 0 Å². The van der Waals surface area contributed by atoms with Crippen LogP contribution in [0.3, 0.4) is 0 Å². The molecule has 1 fully saturated rings. The number of carbonyl (C=O) groups is 2. The third-order valence-corrected chi connectivity index (χ3v) is 7.12. The number of benzene rings is 2. The highest BCUT2D eigenvalue weighted by atomic mass is 16.4. The van der Waals surface area contributed by atoms with Crippen molar-refractivity contribution in [2.75, 3.05) is 0 Å². The van der Waals surface area contributed by atoms with Gasteiger partial charge in [-0.2, -0.15) is 0 Å². The van der Waals surface area contributed by atoms with Crippen LogP contribution in [0.4, 0.5) is 4.79 Å². The van der Waals surface area contributed by atoms with E-state index in [4.69, 9.17) is 0 Å². The minimum Gasteiger partial charge on any atom is -0.465 e. The van der Waals surface area contributed by atoms with E-state index >= 15 is 0 Å². The maximum atomic E-state index is 13.6. The van der Waals surface area contributed by atoms with Crippen LogP contribution in [0.2, 0.25) is 0 Å². The Labute approximate surface area is 188 Å². The van der Waals surface area contributed by atoms with Gasteiger partial charge < -0.3 is 20.7 Å². The van der Waals surface area contributed by atoms with Crippen molar-refractivity contribution in [1.82, 2.24) is 15.6 Å². The molecule has 1 aliphatic rings. The maximum absolute atomic E-state index is 13.6. The summed E-state index contributed by atoms with van der Waals surface area (Å²) in [5, 5.41) is 16.2. The second kappa shape index (κ2) is 8.69. The summed E-state index contributed by atoms with van der Waals surface area (Å²) in [6, 6.07) is 18.0. The molecular weight excluding hydrogens is 402 g/mol. The highest BCUT2D eigenvalue weighted by molar-refractivity contribution is 5.91. The first-order valence-electron chi connectivity index (χ1n) is 11.3. The van der Waals surface area contributed by atoms with Crippen LogP contribution in [-0.4, -0.2) is 33.7 Å². The van der Waals surface area contributed by atoms with E-state index in [0.717, 1.165) is 42.1 Å². The average Bonchev–Trinajstić information content (AvgIpc) is 3.42. The molecule has 1 saturated carbocycles. The molecule has 1 aromatic heterocycles. The lowest BCUT2D eigenvalue weighted by Gasteiger charge is -2.39. The molecule has 168 valence electrons. The number of amides is 2. The zero-order chi connectivity index (χ0) is 22.8. The first kappa shape index (κ1) is 21.9. The predicted octanol–water partition coefficient (Wildman–Crippen LogP) is 4.75. The van der Waals surface area contributed by atoms with E-state index in [0.29, 0.717) is 0 Å². The molecule has 3 aromatic rings. The smallest absolute Gasteiger partial charge is 0.405 e. The largest absolute Gasteiger partial charge is 0.465 e. The molecule has 0 aliphatic heterocycles. The molecule has 0 radical (unpaired) electrons. The number of rotatable bonds is 7. The van der Waals surface area contributed by atoms with E-state index in [9.17, 15) is 14.7 Å². The van der Waals surface area contributed by atoms with Crippen LogP contribution in [0.15, 0.2) is 60.8 Å². The van der Waals surface area contributed by atoms with Gasteiger partial charge in [0.25, 0.3) is 0 Å². The molecule has 2 atom stereocenters. The number of carboxylic acid groups (broad SMARTS) is 1. The summed E-state index contributed by atoms with van der Waals surface area (Å²) in [5.41, 5.74) is 1.65. The van der Waals surface area contributed by atoms with Crippen LogP contribution in [0.5, 0.6) is 0 Å². The van der Waals surface area contributed by atoms with E-state index in [1.165, 1.54) is 5.56 Å². The predicted molar refractivity (Wildman–Crippen MR) is 126 cm³/mol. The van der Waals surface area contributed by atoms with Crippen molar-refractivity contribution in [3.63, 3.8) is 0 Å². The van der Waals surface area contributed by atoms with Gasteiger partial charge in [0.1, 0.15) is 5.54 Å². The van der Waals surface area contributed by atoms with E-state index < -0.39 is 11.6 Å². The topological polar surface area (TPSA) is 94.2 Å². The first-order valence-corrected chi connectivity index (χ1v) is 11.3. The summed E-state index contributed by atoms with van der Waals surface area (Å²) in [6.07, 6.45) is 5.14. The second-order valence-electron chi connectivity index (χ2n) is 9.22. The number of aromatic amines is 1. The van der Waals surface area contributed by atoms with Gasteiger partial charge in [0.15, 0.2) is 0 Å². The molecule has 0 saturated heterocycles. The fraction of sp³-hybridized carbons (Fsp3) is 0.385. The Morgan fingerprint density at radius 3 is 2.44 bits per heavy atom. The van der Waals surface area contributed by atoms with Gasteiger partial charge >= 0.3 is 6.09 Å². The van der Waals surface area contributed by atoms with Gasteiger partial charge in [-0.15, -0.1) is 0 Å². The molecule has 0 spiro atoms. The molecule has 2 aromatic carbocycles. The highest BCUT2D eigenvalue weighted by Gasteiger charge is 2.44. The standard InChI is InChI=1S/C26H31N3O3/c1-18(26(14-8-9-15-26)20-10-4-3-5-11-20)28-23(30)25(2,29-24(31)32)16-19-17-27-22-13-7-6-12-21(19)22/h3-7,10-13,17-18,27,29H,8-9,14-16H2,1-2H3,(H,28,30)(H,31,32). The quantitative estimate of drug-likeness (QED) is 0.433. The molecule has 6 nitrogen and oxygen atoms in total. The van der Waals surface area contributed by atoms with Crippen LogP contribution in [0.1, 0.15) is 50.7 Å². The monoisotopic (exact) mass is 433 g/mol. The van der Waals surface area contributed by atoms with Crippen molar-refractivity contribution in [2.24, 2.45) is 0 Å². The van der Waals surface area contributed by atoms with Gasteiger partial charge in [0, 0.05) is 35.0 Å². The van der Waals surface area contributed by atoms with E-state index in [-0.39, 0.29) is 23.8 Å². The van der Waals surface area contributed by atoms with Crippen molar-refractivity contribution >= 4 is 22.9 Å².